The van der Waals surface area contributed by atoms with Crippen molar-refractivity contribution in [1.82, 2.24) is 5.32 Å². The van der Waals surface area contributed by atoms with Crippen LogP contribution in [0.2, 0.25) is 0 Å². The summed E-state index contributed by atoms with van der Waals surface area (Å²) in [6, 6.07) is 9.10. The lowest BCUT2D eigenvalue weighted by atomic mass is 9.98. The van der Waals surface area contributed by atoms with Crippen LogP contribution in [0.3, 0.4) is 0 Å². The highest BCUT2D eigenvalue weighted by Crippen LogP contribution is 2.20. The zero-order chi connectivity index (χ0) is 12.0. The highest BCUT2D eigenvalue weighted by Gasteiger charge is 2.06. The second kappa shape index (κ2) is 7.08. The maximum Gasteiger partial charge on any atom is 0.0207 e. The standard InChI is InChI=1S/C14H22BrN/c1-11(2)16-9-8-12(3)10-13-6-4-5-7-14(13)15/h4-7,11-12,16H,8-10H2,1-3H3. The van der Waals surface area contributed by atoms with Gasteiger partial charge in [0.25, 0.3) is 0 Å². The lowest BCUT2D eigenvalue weighted by molar-refractivity contribution is 0.476. The number of hydrogen-bond donors (Lipinski definition) is 1. The molecule has 1 rings (SSSR count). The average molecular weight is 284 g/mol. The molecule has 0 saturated heterocycles. The average Bonchev–Trinajstić information content (AvgIpc) is 2.21. The molecular weight excluding hydrogens is 262 g/mol. The summed E-state index contributed by atoms with van der Waals surface area (Å²) in [4.78, 5) is 0. The summed E-state index contributed by atoms with van der Waals surface area (Å²) in [5.41, 5.74) is 1.42. The van der Waals surface area contributed by atoms with E-state index in [4.69, 9.17) is 0 Å². The van der Waals surface area contributed by atoms with Gasteiger partial charge in [-0.15, -0.1) is 0 Å². The van der Waals surface area contributed by atoms with Crippen molar-refractivity contribution in [2.24, 2.45) is 5.92 Å². The molecule has 0 amide bonds. The lowest BCUT2D eigenvalue weighted by Crippen LogP contribution is -2.25. The molecule has 0 saturated carbocycles. The molecule has 16 heavy (non-hydrogen) atoms. The number of benzene rings is 1. The van der Waals surface area contributed by atoms with Crippen molar-refractivity contribution in [3.63, 3.8) is 0 Å². The Morgan fingerprint density at radius 1 is 1.19 bits per heavy atom. The Bertz CT molecular complexity index is 309. The van der Waals surface area contributed by atoms with Gasteiger partial charge < -0.3 is 5.32 Å². The van der Waals surface area contributed by atoms with E-state index in [-0.39, 0.29) is 0 Å². The molecule has 1 unspecified atom stereocenters. The van der Waals surface area contributed by atoms with Gasteiger partial charge in [0.15, 0.2) is 0 Å². The van der Waals surface area contributed by atoms with Crippen molar-refractivity contribution in [1.29, 1.82) is 0 Å². The van der Waals surface area contributed by atoms with Crippen LogP contribution >= 0.6 is 15.9 Å². The fourth-order valence-corrected chi connectivity index (χ4v) is 2.21. The highest BCUT2D eigenvalue weighted by atomic mass is 79.9. The maximum absolute atomic E-state index is 3.60. The zero-order valence-electron chi connectivity index (χ0n) is 10.5. The molecule has 0 aliphatic rings. The predicted octanol–water partition coefficient (Wildman–Crippen LogP) is 4.02. The largest absolute Gasteiger partial charge is 0.315 e. The SMILES string of the molecule is CC(CCNC(C)C)Cc1ccccc1Br. The third-order valence-corrected chi connectivity index (χ3v) is 3.49. The van der Waals surface area contributed by atoms with Crippen LogP contribution in [0, 0.1) is 5.92 Å². The van der Waals surface area contributed by atoms with Gasteiger partial charge in [-0.2, -0.15) is 0 Å². The summed E-state index contributed by atoms with van der Waals surface area (Å²) < 4.78 is 1.23. The second-order valence-corrected chi connectivity index (χ2v) is 5.65. The van der Waals surface area contributed by atoms with E-state index in [0.29, 0.717) is 6.04 Å². The molecule has 1 aromatic rings. The van der Waals surface area contributed by atoms with E-state index >= 15 is 0 Å². The van der Waals surface area contributed by atoms with E-state index in [2.05, 4.69) is 66.3 Å². The van der Waals surface area contributed by atoms with Gasteiger partial charge in [0.05, 0.1) is 0 Å². The number of nitrogens with one attached hydrogen (secondary N) is 1. The predicted molar refractivity (Wildman–Crippen MR) is 74.8 cm³/mol. The maximum atomic E-state index is 3.60. The molecule has 0 radical (unpaired) electrons. The van der Waals surface area contributed by atoms with E-state index in [9.17, 15) is 0 Å². The van der Waals surface area contributed by atoms with Crippen molar-refractivity contribution in [3.05, 3.63) is 34.3 Å². The lowest BCUT2D eigenvalue weighted by Gasteiger charge is -2.14. The Morgan fingerprint density at radius 2 is 1.88 bits per heavy atom. The molecule has 1 N–H and O–H groups in total. The highest BCUT2D eigenvalue weighted by molar-refractivity contribution is 9.10. The minimum Gasteiger partial charge on any atom is -0.315 e. The summed E-state index contributed by atoms with van der Waals surface area (Å²) in [6.45, 7) is 7.82. The van der Waals surface area contributed by atoms with Crippen LogP contribution in [-0.2, 0) is 6.42 Å². The molecule has 0 bridgehead atoms. The molecule has 0 spiro atoms. The summed E-state index contributed by atoms with van der Waals surface area (Å²) in [5.74, 6) is 0.727. The first-order valence-electron chi connectivity index (χ1n) is 6.06. The molecule has 2 heteroatoms. The van der Waals surface area contributed by atoms with Crippen molar-refractivity contribution in [2.75, 3.05) is 6.54 Å². The monoisotopic (exact) mass is 283 g/mol. The molecule has 1 atom stereocenters. The Hall–Kier alpha value is -0.340. The fraction of sp³-hybridized carbons (Fsp3) is 0.571. The van der Waals surface area contributed by atoms with Crippen molar-refractivity contribution in [3.8, 4) is 0 Å². The Labute approximate surface area is 108 Å². The summed E-state index contributed by atoms with van der Waals surface area (Å²) >= 11 is 3.60. The van der Waals surface area contributed by atoms with E-state index in [1.54, 1.807) is 0 Å². The van der Waals surface area contributed by atoms with Crippen molar-refractivity contribution < 1.29 is 0 Å². The van der Waals surface area contributed by atoms with Crippen LogP contribution in [0.15, 0.2) is 28.7 Å². The van der Waals surface area contributed by atoms with Gasteiger partial charge in [-0.05, 0) is 36.9 Å². The first-order valence-corrected chi connectivity index (χ1v) is 6.85. The summed E-state index contributed by atoms with van der Waals surface area (Å²) in [7, 11) is 0. The second-order valence-electron chi connectivity index (χ2n) is 4.80. The van der Waals surface area contributed by atoms with Crippen LogP contribution in [0.4, 0.5) is 0 Å². The molecule has 1 nitrogen and oxygen atoms in total. The van der Waals surface area contributed by atoms with Gasteiger partial charge in [-0.25, -0.2) is 0 Å². The molecule has 0 aromatic heterocycles. The molecular formula is C14H22BrN. The topological polar surface area (TPSA) is 12.0 Å². The molecule has 0 aliphatic heterocycles. The van der Waals surface area contributed by atoms with Gasteiger partial charge in [0, 0.05) is 10.5 Å². The normalized spacial score (nSPS) is 13.1. The van der Waals surface area contributed by atoms with E-state index < -0.39 is 0 Å². The third-order valence-electron chi connectivity index (χ3n) is 2.72. The van der Waals surface area contributed by atoms with Gasteiger partial charge in [0.1, 0.15) is 0 Å². The third kappa shape index (κ3) is 5.13. The quantitative estimate of drug-likeness (QED) is 0.832. The van der Waals surface area contributed by atoms with Gasteiger partial charge in [-0.3, -0.25) is 0 Å². The van der Waals surface area contributed by atoms with Crippen molar-refractivity contribution in [2.45, 2.75) is 39.7 Å². The Kier molecular flexibility index (Phi) is 6.07. The van der Waals surface area contributed by atoms with Gasteiger partial charge >= 0.3 is 0 Å². The summed E-state index contributed by atoms with van der Waals surface area (Å²) in [6.07, 6.45) is 2.39. The van der Waals surface area contributed by atoms with Crippen LogP contribution in [-0.4, -0.2) is 12.6 Å². The number of rotatable bonds is 6. The Balaban J connectivity index is 2.34. The Morgan fingerprint density at radius 3 is 2.50 bits per heavy atom. The summed E-state index contributed by atoms with van der Waals surface area (Å²) in [5, 5.41) is 3.47. The smallest absolute Gasteiger partial charge is 0.0207 e. The van der Waals surface area contributed by atoms with Crippen LogP contribution in [0.25, 0.3) is 0 Å². The molecule has 0 fully saturated rings. The van der Waals surface area contributed by atoms with Gasteiger partial charge in [0.2, 0.25) is 0 Å². The molecule has 0 aliphatic carbocycles. The number of hydrogen-bond acceptors (Lipinski definition) is 1. The van der Waals surface area contributed by atoms with Crippen LogP contribution < -0.4 is 5.32 Å². The fourth-order valence-electron chi connectivity index (χ4n) is 1.76. The van der Waals surface area contributed by atoms with Crippen LogP contribution in [0.1, 0.15) is 32.8 Å². The number of halogens is 1. The first kappa shape index (κ1) is 13.7. The molecule has 1 aromatic carbocycles. The van der Waals surface area contributed by atoms with Crippen molar-refractivity contribution >= 4 is 15.9 Å². The van der Waals surface area contributed by atoms with E-state index in [0.717, 1.165) is 18.9 Å². The minimum atomic E-state index is 0.593. The van der Waals surface area contributed by atoms with E-state index in [1.807, 2.05) is 0 Å². The van der Waals surface area contributed by atoms with E-state index in [1.165, 1.54) is 16.5 Å². The minimum absolute atomic E-state index is 0.593. The first-order chi connectivity index (χ1) is 7.59. The molecule has 90 valence electrons. The zero-order valence-corrected chi connectivity index (χ0v) is 12.0. The van der Waals surface area contributed by atoms with Crippen LogP contribution in [0.5, 0.6) is 0 Å². The molecule has 0 heterocycles. The van der Waals surface area contributed by atoms with Gasteiger partial charge in [-0.1, -0.05) is 54.9 Å².